The maximum absolute atomic E-state index is 13.7. The van der Waals surface area contributed by atoms with E-state index < -0.39 is 5.41 Å². The van der Waals surface area contributed by atoms with Crippen molar-refractivity contribution in [2.75, 3.05) is 27.3 Å². The van der Waals surface area contributed by atoms with E-state index in [9.17, 15) is 9.59 Å². The fourth-order valence-electron chi connectivity index (χ4n) is 6.30. The minimum absolute atomic E-state index is 0.193. The van der Waals surface area contributed by atoms with Crippen molar-refractivity contribution in [1.82, 2.24) is 10.2 Å². The molecule has 7 nitrogen and oxygen atoms in total. The molecule has 2 fully saturated rings. The van der Waals surface area contributed by atoms with Crippen LogP contribution >= 0.6 is 0 Å². The highest BCUT2D eigenvalue weighted by atomic mass is 16.5. The molecular formula is C31H39N3O4. The molecule has 0 aromatic heterocycles. The van der Waals surface area contributed by atoms with Gasteiger partial charge in [-0.1, -0.05) is 43.2 Å². The third-order valence-corrected chi connectivity index (χ3v) is 8.56. The molecule has 2 aliphatic heterocycles. The summed E-state index contributed by atoms with van der Waals surface area (Å²) in [7, 11) is 3.18. The average Bonchev–Trinajstić information content (AvgIpc) is 3.45. The summed E-state index contributed by atoms with van der Waals surface area (Å²) >= 11 is 0. The van der Waals surface area contributed by atoms with E-state index >= 15 is 0 Å². The number of benzene rings is 2. The molecule has 5 rings (SSSR count). The second-order valence-corrected chi connectivity index (χ2v) is 10.9. The van der Waals surface area contributed by atoms with Gasteiger partial charge in [0, 0.05) is 31.1 Å². The number of aliphatic imine (C=N–C) groups is 1. The summed E-state index contributed by atoms with van der Waals surface area (Å²) in [5, 5.41) is 3.40. The van der Waals surface area contributed by atoms with Crippen molar-refractivity contribution in [2.45, 2.75) is 70.3 Å². The Bertz CT molecular complexity index is 1180. The predicted molar refractivity (Wildman–Crippen MR) is 148 cm³/mol. The highest BCUT2D eigenvalue weighted by molar-refractivity contribution is 6.05. The lowest BCUT2D eigenvalue weighted by Gasteiger charge is -2.42. The van der Waals surface area contributed by atoms with Gasteiger partial charge in [0.05, 0.1) is 19.6 Å². The third-order valence-electron chi connectivity index (χ3n) is 8.56. The van der Waals surface area contributed by atoms with Crippen LogP contribution in [0.15, 0.2) is 47.5 Å². The number of fused-ring (bicyclic) bond motifs is 1. The monoisotopic (exact) mass is 517 g/mol. The van der Waals surface area contributed by atoms with Gasteiger partial charge in [-0.2, -0.15) is 4.99 Å². The van der Waals surface area contributed by atoms with Crippen LogP contribution in [0.5, 0.6) is 11.5 Å². The number of amidine groups is 1. The van der Waals surface area contributed by atoms with E-state index in [1.807, 2.05) is 24.3 Å². The number of piperidine rings is 1. The van der Waals surface area contributed by atoms with Gasteiger partial charge in [0.15, 0.2) is 11.5 Å². The molecule has 0 spiro atoms. The Balaban J connectivity index is 1.34. The Hall–Kier alpha value is -3.35. The summed E-state index contributed by atoms with van der Waals surface area (Å²) in [5.41, 5.74) is 2.27. The van der Waals surface area contributed by atoms with Crippen molar-refractivity contribution in [2.24, 2.45) is 10.4 Å². The quantitative estimate of drug-likeness (QED) is 0.586. The lowest BCUT2D eigenvalue weighted by Crippen LogP contribution is -2.53. The maximum Gasteiger partial charge on any atom is 0.279 e. The van der Waals surface area contributed by atoms with E-state index in [0.29, 0.717) is 23.1 Å². The van der Waals surface area contributed by atoms with E-state index in [-0.39, 0.29) is 11.8 Å². The summed E-state index contributed by atoms with van der Waals surface area (Å²) in [5.74, 6) is 1.95. The number of amides is 2. The molecule has 1 N–H and O–H groups in total. The van der Waals surface area contributed by atoms with Gasteiger partial charge in [-0.3, -0.25) is 9.59 Å². The van der Waals surface area contributed by atoms with Crippen molar-refractivity contribution < 1.29 is 19.1 Å². The first-order valence-electron chi connectivity index (χ1n) is 14.0. The third kappa shape index (κ3) is 5.57. The van der Waals surface area contributed by atoms with Crippen LogP contribution in [-0.2, 0) is 17.6 Å². The van der Waals surface area contributed by atoms with Gasteiger partial charge < -0.3 is 19.7 Å². The number of carbonyl (C=O) groups excluding carboxylic acids is 2. The lowest BCUT2D eigenvalue weighted by atomic mass is 9.72. The Morgan fingerprint density at radius 3 is 2.37 bits per heavy atom. The minimum atomic E-state index is -0.441. The van der Waals surface area contributed by atoms with Gasteiger partial charge in [0.25, 0.3) is 5.91 Å². The summed E-state index contributed by atoms with van der Waals surface area (Å²) in [6.07, 6.45) is 9.18. The molecule has 2 heterocycles. The molecule has 2 aromatic carbocycles. The molecule has 0 bridgehead atoms. The number of likely N-dealkylation sites (tertiary alicyclic amines) is 1. The molecule has 1 saturated heterocycles. The highest BCUT2D eigenvalue weighted by Gasteiger charge is 2.43. The van der Waals surface area contributed by atoms with Crippen LogP contribution in [0.25, 0.3) is 0 Å². The first-order valence-corrected chi connectivity index (χ1v) is 14.0. The zero-order chi connectivity index (χ0) is 26.5. The molecule has 2 amide bonds. The minimum Gasteiger partial charge on any atom is -0.493 e. The van der Waals surface area contributed by atoms with Crippen molar-refractivity contribution >= 4 is 17.6 Å². The molecule has 202 valence electrons. The number of ether oxygens (including phenoxy) is 2. The second-order valence-electron chi connectivity index (χ2n) is 10.9. The Morgan fingerprint density at radius 1 is 1.00 bits per heavy atom. The van der Waals surface area contributed by atoms with Crippen LogP contribution in [0.1, 0.15) is 72.9 Å². The summed E-state index contributed by atoms with van der Waals surface area (Å²) in [6, 6.07) is 14.3. The Labute approximate surface area is 225 Å². The van der Waals surface area contributed by atoms with Crippen molar-refractivity contribution in [3.8, 4) is 11.5 Å². The SMILES string of the molecule is COc1cc2c(cc1OC)C(=O)N=C(N1CCC(Cc3ccccc3)(C(=O)NC3CCCC3)CC1)CCC2. The zero-order valence-corrected chi connectivity index (χ0v) is 22.6. The average molecular weight is 518 g/mol. The number of hydrogen-bond acceptors (Lipinski definition) is 5. The number of rotatable bonds is 6. The molecule has 2 aromatic rings. The van der Waals surface area contributed by atoms with Crippen molar-refractivity contribution in [1.29, 1.82) is 0 Å². The lowest BCUT2D eigenvalue weighted by molar-refractivity contribution is -0.134. The molecule has 38 heavy (non-hydrogen) atoms. The molecule has 0 atom stereocenters. The molecule has 1 saturated carbocycles. The van der Waals surface area contributed by atoms with Crippen LogP contribution in [-0.4, -0.2) is 55.9 Å². The predicted octanol–water partition coefficient (Wildman–Crippen LogP) is 4.96. The summed E-state index contributed by atoms with van der Waals surface area (Å²) in [6.45, 7) is 1.44. The van der Waals surface area contributed by atoms with E-state index in [1.165, 1.54) is 18.4 Å². The van der Waals surface area contributed by atoms with Crippen LogP contribution in [0.4, 0.5) is 0 Å². The van der Waals surface area contributed by atoms with E-state index in [0.717, 1.165) is 75.9 Å². The number of hydrogen-bond donors (Lipinski definition) is 1. The van der Waals surface area contributed by atoms with Crippen LogP contribution in [0.3, 0.4) is 0 Å². The first-order chi connectivity index (χ1) is 18.5. The fraction of sp³-hybridized carbons (Fsp3) is 0.516. The standard InChI is InChI=1S/C31H39N3O4/c1-37-26-19-23-11-8-14-28(33-29(35)25(23)20-27(26)38-2)34-17-15-31(16-18-34,21-22-9-4-3-5-10-22)30(36)32-24-12-6-7-13-24/h3-5,9-10,19-20,24H,6-8,11-18,21H2,1-2H3,(H,32,36). The molecule has 3 aliphatic rings. The Kier molecular flexibility index (Phi) is 8.01. The zero-order valence-electron chi connectivity index (χ0n) is 22.6. The smallest absolute Gasteiger partial charge is 0.279 e. The molecule has 0 unspecified atom stereocenters. The van der Waals surface area contributed by atoms with Crippen LogP contribution in [0, 0.1) is 5.41 Å². The van der Waals surface area contributed by atoms with Crippen LogP contribution in [0.2, 0.25) is 0 Å². The maximum atomic E-state index is 13.7. The normalized spacial score (nSPS) is 19.7. The second kappa shape index (κ2) is 11.6. The summed E-state index contributed by atoms with van der Waals surface area (Å²) < 4.78 is 10.9. The van der Waals surface area contributed by atoms with E-state index in [2.05, 4.69) is 27.3 Å². The number of nitrogens with zero attached hydrogens (tertiary/aromatic N) is 2. The molecule has 1 aliphatic carbocycles. The number of nitrogens with one attached hydrogen (secondary N) is 1. The van der Waals surface area contributed by atoms with Gasteiger partial charge >= 0.3 is 0 Å². The highest BCUT2D eigenvalue weighted by Crippen LogP contribution is 2.38. The topological polar surface area (TPSA) is 80.2 Å². The van der Waals surface area contributed by atoms with Gasteiger partial charge in [-0.05, 0) is 68.2 Å². The van der Waals surface area contributed by atoms with Gasteiger partial charge in [0.1, 0.15) is 5.84 Å². The first kappa shape index (κ1) is 26.3. The largest absolute Gasteiger partial charge is 0.493 e. The Morgan fingerprint density at radius 2 is 1.68 bits per heavy atom. The van der Waals surface area contributed by atoms with Crippen molar-refractivity contribution in [3.05, 3.63) is 59.2 Å². The summed E-state index contributed by atoms with van der Waals surface area (Å²) in [4.78, 5) is 33.8. The van der Waals surface area contributed by atoms with Gasteiger partial charge in [0.2, 0.25) is 5.91 Å². The number of methoxy groups -OCH3 is 2. The fourth-order valence-corrected chi connectivity index (χ4v) is 6.30. The van der Waals surface area contributed by atoms with E-state index in [1.54, 1.807) is 20.3 Å². The van der Waals surface area contributed by atoms with Gasteiger partial charge in [-0.15, -0.1) is 0 Å². The number of aryl methyl sites for hydroxylation is 1. The van der Waals surface area contributed by atoms with E-state index in [4.69, 9.17) is 9.47 Å². The van der Waals surface area contributed by atoms with Gasteiger partial charge in [-0.25, -0.2) is 0 Å². The molecule has 7 heteroatoms. The molecule has 0 radical (unpaired) electrons. The van der Waals surface area contributed by atoms with Crippen molar-refractivity contribution in [3.63, 3.8) is 0 Å². The molecular weight excluding hydrogens is 478 g/mol. The van der Waals surface area contributed by atoms with Crippen LogP contribution < -0.4 is 14.8 Å². The number of carbonyl (C=O) groups is 2.